The molecule has 4 heteroatoms. The zero-order chi connectivity index (χ0) is 13.1. The Kier molecular flexibility index (Phi) is 4.48. The smallest absolute Gasteiger partial charge is 0.146 e. The largest absolute Gasteiger partial charge is 0.456 e. The van der Waals surface area contributed by atoms with Gasteiger partial charge >= 0.3 is 0 Å². The van der Waals surface area contributed by atoms with Crippen LogP contribution in [-0.2, 0) is 0 Å². The predicted molar refractivity (Wildman–Crippen MR) is 83.3 cm³/mol. The quantitative estimate of drug-likeness (QED) is 0.788. The van der Waals surface area contributed by atoms with Gasteiger partial charge in [-0.3, -0.25) is 0 Å². The molecule has 2 nitrogen and oxygen atoms in total. The van der Waals surface area contributed by atoms with Crippen LogP contribution in [-0.4, -0.2) is 0 Å². The molecular formula is C14H13ClINO. The Labute approximate surface area is 125 Å². The third kappa shape index (κ3) is 3.37. The molecule has 0 aliphatic carbocycles. The molecule has 18 heavy (non-hydrogen) atoms. The van der Waals surface area contributed by atoms with Gasteiger partial charge in [-0.1, -0.05) is 17.7 Å². The minimum absolute atomic E-state index is 0.0325. The molecule has 2 N–H and O–H groups in total. The fourth-order valence-corrected chi connectivity index (χ4v) is 2.10. The Morgan fingerprint density at radius 2 is 1.83 bits per heavy atom. The molecule has 1 atom stereocenters. The van der Waals surface area contributed by atoms with Crippen molar-refractivity contribution in [2.24, 2.45) is 5.73 Å². The van der Waals surface area contributed by atoms with Gasteiger partial charge in [-0.2, -0.15) is 0 Å². The minimum Gasteiger partial charge on any atom is -0.456 e. The molecule has 0 aromatic heterocycles. The Hall–Kier alpha value is -0.780. The molecule has 0 amide bonds. The van der Waals surface area contributed by atoms with Gasteiger partial charge in [0.15, 0.2) is 0 Å². The van der Waals surface area contributed by atoms with Crippen molar-refractivity contribution >= 4 is 34.2 Å². The molecule has 0 saturated heterocycles. The van der Waals surface area contributed by atoms with Gasteiger partial charge < -0.3 is 10.5 Å². The van der Waals surface area contributed by atoms with Crippen LogP contribution in [0.15, 0.2) is 42.5 Å². The highest BCUT2D eigenvalue weighted by Crippen LogP contribution is 2.31. The summed E-state index contributed by atoms with van der Waals surface area (Å²) in [5, 5.41) is 0.573. The standard InChI is InChI=1S/C14H13ClINO/c1-9(17)10-2-7-14(13(15)8-10)18-12-5-3-11(16)4-6-12/h2-9H,17H2,1H3/t9-/m1/s1. The number of hydrogen-bond donors (Lipinski definition) is 1. The van der Waals surface area contributed by atoms with Crippen LogP contribution in [0.25, 0.3) is 0 Å². The average Bonchev–Trinajstić information content (AvgIpc) is 2.34. The summed E-state index contributed by atoms with van der Waals surface area (Å²) in [5.41, 5.74) is 6.80. The van der Waals surface area contributed by atoms with E-state index in [1.165, 1.54) is 3.57 Å². The van der Waals surface area contributed by atoms with Gasteiger partial charge in [0, 0.05) is 9.61 Å². The Morgan fingerprint density at radius 1 is 1.17 bits per heavy atom. The fraction of sp³-hybridized carbons (Fsp3) is 0.143. The molecule has 94 valence electrons. The van der Waals surface area contributed by atoms with Crippen molar-refractivity contribution < 1.29 is 4.74 Å². The van der Waals surface area contributed by atoms with Crippen molar-refractivity contribution in [1.29, 1.82) is 0 Å². The average molecular weight is 374 g/mol. The van der Waals surface area contributed by atoms with Crippen molar-refractivity contribution in [3.8, 4) is 11.5 Å². The third-order valence-electron chi connectivity index (χ3n) is 2.52. The van der Waals surface area contributed by atoms with Crippen LogP contribution in [0.5, 0.6) is 11.5 Å². The van der Waals surface area contributed by atoms with Gasteiger partial charge in [0.05, 0.1) is 5.02 Å². The van der Waals surface area contributed by atoms with Crippen molar-refractivity contribution in [2.45, 2.75) is 13.0 Å². The number of rotatable bonds is 3. The van der Waals surface area contributed by atoms with Gasteiger partial charge in [0.25, 0.3) is 0 Å². The lowest BCUT2D eigenvalue weighted by Gasteiger charge is -2.11. The summed E-state index contributed by atoms with van der Waals surface area (Å²) >= 11 is 8.42. The first-order valence-corrected chi connectivity index (χ1v) is 7.00. The second kappa shape index (κ2) is 5.91. The van der Waals surface area contributed by atoms with Gasteiger partial charge in [-0.25, -0.2) is 0 Å². The predicted octanol–water partition coefficient (Wildman–Crippen LogP) is 4.76. The third-order valence-corrected chi connectivity index (χ3v) is 3.54. The summed E-state index contributed by atoms with van der Waals surface area (Å²) in [4.78, 5) is 0. The molecule has 0 heterocycles. The fourth-order valence-electron chi connectivity index (χ4n) is 1.51. The van der Waals surface area contributed by atoms with E-state index in [2.05, 4.69) is 22.6 Å². The lowest BCUT2D eigenvalue weighted by Crippen LogP contribution is -2.04. The Morgan fingerprint density at radius 3 is 2.39 bits per heavy atom. The summed E-state index contributed by atoms with van der Waals surface area (Å²) in [6, 6.07) is 13.4. The van der Waals surface area contributed by atoms with Crippen molar-refractivity contribution in [2.75, 3.05) is 0 Å². The Bertz CT molecular complexity index is 540. The highest BCUT2D eigenvalue weighted by atomic mass is 127. The van der Waals surface area contributed by atoms with Crippen molar-refractivity contribution in [3.05, 3.63) is 56.6 Å². The summed E-state index contributed by atoms with van der Waals surface area (Å²) in [6.07, 6.45) is 0. The lowest BCUT2D eigenvalue weighted by atomic mass is 10.1. The van der Waals surface area contributed by atoms with Gasteiger partial charge in [-0.05, 0) is 71.5 Å². The Balaban J connectivity index is 2.22. The molecule has 0 bridgehead atoms. The maximum Gasteiger partial charge on any atom is 0.146 e. The van der Waals surface area contributed by atoms with Crippen LogP contribution in [0.3, 0.4) is 0 Å². The first-order chi connectivity index (χ1) is 8.56. The number of nitrogens with two attached hydrogens (primary N) is 1. The molecule has 0 unspecified atom stereocenters. The molecular weight excluding hydrogens is 361 g/mol. The molecule has 0 aliphatic heterocycles. The van der Waals surface area contributed by atoms with E-state index in [9.17, 15) is 0 Å². The highest BCUT2D eigenvalue weighted by molar-refractivity contribution is 14.1. The first-order valence-electron chi connectivity index (χ1n) is 5.54. The number of halogens is 2. The summed E-state index contributed by atoms with van der Waals surface area (Å²) < 4.78 is 6.89. The SMILES string of the molecule is C[C@@H](N)c1ccc(Oc2ccc(I)cc2)c(Cl)c1. The second-order valence-corrected chi connectivity index (χ2v) is 5.69. The number of hydrogen-bond acceptors (Lipinski definition) is 2. The van der Waals surface area contributed by atoms with Crippen LogP contribution in [0, 0.1) is 3.57 Å². The van der Waals surface area contributed by atoms with Crippen LogP contribution in [0.4, 0.5) is 0 Å². The molecule has 0 aliphatic rings. The van der Waals surface area contributed by atoms with E-state index in [1.54, 1.807) is 0 Å². The molecule has 0 fully saturated rings. The molecule has 0 spiro atoms. The van der Waals surface area contributed by atoms with Gasteiger partial charge in [0.1, 0.15) is 11.5 Å². The van der Waals surface area contributed by atoms with Gasteiger partial charge in [-0.15, -0.1) is 0 Å². The zero-order valence-electron chi connectivity index (χ0n) is 9.86. The maximum atomic E-state index is 6.17. The van der Waals surface area contributed by atoms with E-state index < -0.39 is 0 Å². The minimum atomic E-state index is -0.0325. The van der Waals surface area contributed by atoms with E-state index in [0.717, 1.165) is 11.3 Å². The van der Waals surface area contributed by atoms with E-state index in [1.807, 2.05) is 49.4 Å². The first kappa shape index (κ1) is 13.6. The van der Waals surface area contributed by atoms with Gasteiger partial charge in [0.2, 0.25) is 0 Å². The summed E-state index contributed by atoms with van der Waals surface area (Å²) in [7, 11) is 0. The zero-order valence-corrected chi connectivity index (χ0v) is 12.8. The highest BCUT2D eigenvalue weighted by Gasteiger charge is 2.06. The van der Waals surface area contributed by atoms with E-state index in [-0.39, 0.29) is 6.04 Å². The van der Waals surface area contributed by atoms with Crippen LogP contribution < -0.4 is 10.5 Å². The molecule has 0 radical (unpaired) electrons. The van der Waals surface area contributed by atoms with Crippen LogP contribution in [0.2, 0.25) is 5.02 Å². The van der Waals surface area contributed by atoms with E-state index >= 15 is 0 Å². The topological polar surface area (TPSA) is 35.2 Å². The molecule has 2 rings (SSSR count). The van der Waals surface area contributed by atoms with Crippen LogP contribution in [0.1, 0.15) is 18.5 Å². The molecule has 2 aromatic rings. The molecule has 0 saturated carbocycles. The number of benzene rings is 2. The second-order valence-electron chi connectivity index (χ2n) is 4.03. The monoisotopic (exact) mass is 373 g/mol. The lowest BCUT2D eigenvalue weighted by molar-refractivity contribution is 0.482. The normalized spacial score (nSPS) is 12.2. The van der Waals surface area contributed by atoms with E-state index in [4.69, 9.17) is 22.1 Å². The molecule has 2 aromatic carbocycles. The van der Waals surface area contributed by atoms with Crippen molar-refractivity contribution in [1.82, 2.24) is 0 Å². The number of ether oxygens (including phenoxy) is 1. The summed E-state index contributed by atoms with van der Waals surface area (Å²) in [6.45, 7) is 1.92. The van der Waals surface area contributed by atoms with Crippen molar-refractivity contribution in [3.63, 3.8) is 0 Å². The van der Waals surface area contributed by atoms with Crippen LogP contribution >= 0.6 is 34.2 Å². The van der Waals surface area contributed by atoms with E-state index in [0.29, 0.717) is 10.8 Å². The summed E-state index contributed by atoms with van der Waals surface area (Å²) in [5.74, 6) is 1.41. The maximum absolute atomic E-state index is 6.17.